The van der Waals surface area contributed by atoms with Crippen molar-refractivity contribution in [2.24, 2.45) is 0 Å². The van der Waals surface area contributed by atoms with E-state index in [1.165, 1.54) is 4.90 Å². The topological polar surface area (TPSA) is 148 Å². The van der Waals surface area contributed by atoms with Crippen LogP contribution >= 0.6 is 12.6 Å². The Morgan fingerprint density at radius 3 is 2.37 bits per heavy atom. The number of thiol groups is 1. The molecule has 0 aromatic carbocycles. The van der Waals surface area contributed by atoms with Crippen molar-refractivity contribution >= 4 is 36.3 Å². The van der Waals surface area contributed by atoms with Crippen LogP contribution in [0.1, 0.15) is 25.7 Å². The lowest BCUT2D eigenvalue weighted by atomic mass is 10.1. The third-order valence-corrected chi connectivity index (χ3v) is 5.17. The molecule has 2 aliphatic rings. The van der Waals surface area contributed by atoms with Crippen LogP contribution in [0.4, 0.5) is 0 Å². The van der Waals surface area contributed by atoms with Gasteiger partial charge in [-0.2, -0.15) is 12.6 Å². The maximum absolute atomic E-state index is 12.8. The average Bonchev–Trinajstić information content (AvgIpc) is 3.34. The number of rotatable bonds is 8. The molecule has 0 bridgehead atoms. The molecule has 2 rings (SSSR count). The summed E-state index contributed by atoms with van der Waals surface area (Å²) in [4.78, 5) is 49.8. The zero-order valence-electron chi connectivity index (χ0n) is 14.9. The first-order chi connectivity index (χ1) is 12.9. The average molecular weight is 402 g/mol. The number of hydrogen-bond acceptors (Lipinski definition) is 7. The molecule has 0 aliphatic carbocycles. The number of aliphatic hydroxyl groups is 1. The smallest absolute Gasteiger partial charge is 0.328 e. The van der Waals surface area contributed by atoms with Crippen molar-refractivity contribution in [1.82, 2.24) is 20.9 Å². The summed E-state index contributed by atoms with van der Waals surface area (Å²) < 4.78 is 0. The van der Waals surface area contributed by atoms with Crippen LogP contribution in [0.3, 0.4) is 0 Å². The normalized spacial score (nSPS) is 24.3. The van der Waals surface area contributed by atoms with E-state index in [4.69, 9.17) is 10.2 Å². The van der Waals surface area contributed by atoms with Crippen molar-refractivity contribution in [2.45, 2.75) is 49.9 Å². The van der Waals surface area contributed by atoms with E-state index < -0.39 is 42.5 Å². The van der Waals surface area contributed by atoms with Gasteiger partial charge in [0.2, 0.25) is 17.7 Å². The number of carboxylic acid groups (broad SMARTS) is 1. The highest BCUT2D eigenvalue weighted by atomic mass is 32.1. The van der Waals surface area contributed by atoms with E-state index in [0.717, 1.165) is 13.0 Å². The minimum Gasteiger partial charge on any atom is -0.480 e. The Morgan fingerprint density at radius 1 is 1.11 bits per heavy atom. The van der Waals surface area contributed by atoms with Gasteiger partial charge in [0.15, 0.2) is 0 Å². The van der Waals surface area contributed by atoms with Crippen molar-refractivity contribution in [3.8, 4) is 0 Å². The van der Waals surface area contributed by atoms with Crippen molar-refractivity contribution < 1.29 is 29.4 Å². The summed E-state index contributed by atoms with van der Waals surface area (Å²) in [5.74, 6) is -2.61. The van der Waals surface area contributed by atoms with Gasteiger partial charge in [0.1, 0.15) is 18.1 Å². The molecule has 3 amide bonds. The predicted molar refractivity (Wildman–Crippen MR) is 98.2 cm³/mol. The molecule has 0 aromatic rings. The van der Waals surface area contributed by atoms with Gasteiger partial charge in [-0.15, -0.1) is 0 Å². The second-order valence-electron chi connectivity index (χ2n) is 6.66. The number of nitrogens with one attached hydrogen (secondary N) is 3. The third-order valence-electron chi connectivity index (χ3n) is 4.81. The molecule has 2 saturated heterocycles. The summed E-state index contributed by atoms with van der Waals surface area (Å²) in [5, 5.41) is 26.0. The van der Waals surface area contributed by atoms with Crippen molar-refractivity contribution in [2.75, 3.05) is 25.4 Å². The summed E-state index contributed by atoms with van der Waals surface area (Å²) in [6.45, 7) is 0.336. The van der Waals surface area contributed by atoms with E-state index in [9.17, 15) is 19.2 Å². The van der Waals surface area contributed by atoms with Crippen molar-refractivity contribution in [3.63, 3.8) is 0 Å². The van der Waals surface area contributed by atoms with Gasteiger partial charge in [0.25, 0.3) is 0 Å². The summed E-state index contributed by atoms with van der Waals surface area (Å²) in [5.41, 5.74) is 0. The lowest BCUT2D eigenvalue weighted by molar-refractivity contribution is -0.145. The number of nitrogens with zero attached hydrogens (tertiary/aromatic N) is 1. The first-order valence-electron chi connectivity index (χ1n) is 8.98. The Labute approximate surface area is 162 Å². The number of aliphatic hydroxyl groups excluding tert-OH is 1. The van der Waals surface area contributed by atoms with E-state index in [2.05, 4.69) is 28.6 Å². The second-order valence-corrected chi connectivity index (χ2v) is 7.03. The summed E-state index contributed by atoms with van der Waals surface area (Å²) in [6.07, 6.45) is 2.55. The van der Waals surface area contributed by atoms with E-state index >= 15 is 0 Å². The second kappa shape index (κ2) is 9.90. The fraction of sp³-hybridized carbons (Fsp3) is 0.750. The molecular formula is C16H26N4O6S. The monoisotopic (exact) mass is 402 g/mol. The van der Waals surface area contributed by atoms with Crippen molar-refractivity contribution in [1.29, 1.82) is 0 Å². The zero-order valence-corrected chi connectivity index (χ0v) is 15.8. The highest BCUT2D eigenvalue weighted by Gasteiger charge is 2.39. The first-order valence-corrected chi connectivity index (χ1v) is 9.61. The van der Waals surface area contributed by atoms with Crippen LogP contribution in [-0.4, -0.2) is 88.4 Å². The molecule has 27 heavy (non-hydrogen) atoms. The molecule has 152 valence electrons. The third kappa shape index (κ3) is 5.33. The zero-order chi connectivity index (χ0) is 20.0. The molecule has 11 heteroatoms. The van der Waals surface area contributed by atoms with E-state index in [1.807, 2.05) is 0 Å². The maximum atomic E-state index is 12.8. The predicted octanol–water partition coefficient (Wildman–Crippen LogP) is -2.29. The molecule has 4 unspecified atom stereocenters. The van der Waals surface area contributed by atoms with Gasteiger partial charge in [-0.05, 0) is 32.2 Å². The lowest BCUT2D eigenvalue weighted by Gasteiger charge is -2.29. The van der Waals surface area contributed by atoms with Crippen LogP contribution < -0.4 is 16.0 Å². The molecule has 0 spiro atoms. The molecule has 2 fully saturated rings. The minimum absolute atomic E-state index is 0.0799. The Hall–Kier alpha value is -1.85. The van der Waals surface area contributed by atoms with Gasteiger partial charge >= 0.3 is 5.97 Å². The van der Waals surface area contributed by atoms with E-state index in [1.54, 1.807) is 0 Å². The van der Waals surface area contributed by atoms with E-state index in [-0.39, 0.29) is 17.7 Å². The highest BCUT2D eigenvalue weighted by molar-refractivity contribution is 7.80. The molecule has 0 radical (unpaired) electrons. The fourth-order valence-corrected chi connectivity index (χ4v) is 3.57. The van der Waals surface area contributed by atoms with Crippen LogP contribution in [-0.2, 0) is 19.2 Å². The number of hydrogen-bond donors (Lipinski definition) is 6. The number of aliphatic carboxylic acids is 1. The molecular weight excluding hydrogens is 376 g/mol. The Balaban J connectivity index is 2.00. The molecule has 2 aliphatic heterocycles. The van der Waals surface area contributed by atoms with Crippen LogP contribution in [0.25, 0.3) is 0 Å². The van der Waals surface area contributed by atoms with Crippen LogP contribution in [0.15, 0.2) is 0 Å². The highest BCUT2D eigenvalue weighted by Crippen LogP contribution is 2.19. The summed E-state index contributed by atoms with van der Waals surface area (Å²) in [6, 6.07) is -3.47. The number of amides is 3. The standard InChI is InChI=1S/C16H26N4O6S/c21-7-10(16(25)26)18-14(23)12-4-2-6-20(12)15(24)11(8-27)19-13(22)9-3-1-5-17-9/h9-12,17,21,27H,1-8H2,(H,18,23)(H,19,22)(H,25,26). The maximum Gasteiger partial charge on any atom is 0.328 e. The molecule has 5 N–H and O–H groups in total. The van der Waals surface area contributed by atoms with Gasteiger partial charge in [-0.25, -0.2) is 4.79 Å². The molecule has 0 saturated carbocycles. The number of carbonyl (C=O) groups is 4. The van der Waals surface area contributed by atoms with Crippen LogP contribution in [0.2, 0.25) is 0 Å². The molecule has 4 atom stereocenters. The van der Waals surface area contributed by atoms with Gasteiger partial charge in [-0.3, -0.25) is 14.4 Å². The lowest BCUT2D eigenvalue weighted by Crippen LogP contribution is -2.57. The Morgan fingerprint density at radius 2 is 1.81 bits per heavy atom. The van der Waals surface area contributed by atoms with Gasteiger partial charge in [-0.1, -0.05) is 0 Å². The Kier molecular flexibility index (Phi) is 7.87. The number of likely N-dealkylation sites (tertiary alicyclic amines) is 1. The number of carbonyl (C=O) groups excluding carboxylic acids is 3. The molecule has 10 nitrogen and oxygen atoms in total. The SMILES string of the molecule is O=C(O)C(CO)NC(=O)C1CCCN1C(=O)C(CS)NC(=O)C1CCCN1. The van der Waals surface area contributed by atoms with E-state index in [0.29, 0.717) is 25.8 Å². The van der Waals surface area contributed by atoms with Gasteiger partial charge < -0.3 is 31.1 Å². The summed E-state index contributed by atoms with van der Waals surface area (Å²) in [7, 11) is 0. The first kappa shape index (κ1) is 21.5. The molecule has 2 heterocycles. The largest absolute Gasteiger partial charge is 0.480 e. The fourth-order valence-electron chi connectivity index (χ4n) is 3.32. The Bertz CT molecular complexity index is 583. The van der Waals surface area contributed by atoms with Crippen LogP contribution in [0.5, 0.6) is 0 Å². The number of carboxylic acids is 1. The minimum atomic E-state index is -1.43. The van der Waals surface area contributed by atoms with Gasteiger partial charge in [0.05, 0.1) is 12.6 Å². The summed E-state index contributed by atoms with van der Waals surface area (Å²) >= 11 is 4.15. The van der Waals surface area contributed by atoms with Crippen molar-refractivity contribution in [3.05, 3.63) is 0 Å². The van der Waals surface area contributed by atoms with Crippen LogP contribution in [0, 0.1) is 0 Å². The molecule has 0 aromatic heterocycles. The van der Waals surface area contributed by atoms with Gasteiger partial charge in [0, 0.05) is 12.3 Å². The quantitative estimate of drug-likeness (QED) is 0.250.